The van der Waals surface area contributed by atoms with E-state index in [9.17, 15) is 10.1 Å². The number of thioether (sulfide) groups is 1. The lowest BCUT2D eigenvalue weighted by molar-refractivity contribution is 0.0531. The summed E-state index contributed by atoms with van der Waals surface area (Å²) in [6.07, 6.45) is 7.38. The zero-order valence-corrected chi connectivity index (χ0v) is 16.9. The van der Waals surface area contributed by atoms with Gasteiger partial charge in [0.25, 0.3) is 0 Å². The fraction of sp³-hybridized carbons (Fsp3) is 0.556. The Morgan fingerprint density at radius 2 is 2.26 bits per heavy atom. The van der Waals surface area contributed by atoms with Crippen LogP contribution in [0.15, 0.2) is 5.16 Å². The minimum Gasteiger partial charge on any atom is -0.462 e. The van der Waals surface area contributed by atoms with Gasteiger partial charge in [0.15, 0.2) is 0 Å². The summed E-state index contributed by atoms with van der Waals surface area (Å²) >= 11 is 2.48. The number of anilines is 1. The summed E-state index contributed by atoms with van der Waals surface area (Å²) in [5, 5.41) is 17.6. The first-order valence-electron chi connectivity index (χ1n) is 9.14. The van der Waals surface area contributed by atoms with Crippen LogP contribution >= 0.6 is 23.1 Å². The number of carbonyl (C=O) groups is 1. The van der Waals surface area contributed by atoms with Crippen molar-refractivity contribution in [3.05, 3.63) is 21.8 Å². The van der Waals surface area contributed by atoms with Crippen molar-refractivity contribution in [2.45, 2.75) is 56.4 Å². The molecule has 0 saturated heterocycles. The highest BCUT2D eigenvalue weighted by atomic mass is 32.2. The molecule has 3 rings (SSSR count). The third kappa shape index (κ3) is 4.82. The Bertz CT molecular complexity index is 833. The molecule has 0 unspecified atom stereocenters. The summed E-state index contributed by atoms with van der Waals surface area (Å²) in [7, 11) is 0. The maximum absolute atomic E-state index is 12.2. The minimum atomic E-state index is -0.446. The molecule has 1 aliphatic rings. The molecule has 0 aliphatic heterocycles. The van der Waals surface area contributed by atoms with Gasteiger partial charge in [-0.15, -0.1) is 16.4 Å². The van der Waals surface area contributed by atoms with Gasteiger partial charge in [0.1, 0.15) is 21.8 Å². The SMILES string of the molecule is CCOC(=O)c1sc(N)c(C#N)c1CSc1n[nH]c(CCC2CCCC2)n1. The van der Waals surface area contributed by atoms with Gasteiger partial charge in [0.2, 0.25) is 5.16 Å². The monoisotopic (exact) mass is 405 g/mol. The minimum absolute atomic E-state index is 0.274. The predicted octanol–water partition coefficient (Wildman–Crippen LogP) is 3.91. The number of aromatic nitrogens is 3. The second-order valence-corrected chi connectivity index (χ2v) is 8.52. The lowest BCUT2D eigenvalue weighted by atomic mass is 10.0. The number of hydrogen-bond acceptors (Lipinski definition) is 8. The lowest BCUT2D eigenvalue weighted by Gasteiger charge is -2.05. The van der Waals surface area contributed by atoms with Crippen molar-refractivity contribution in [1.82, 2.24) is 15.2 Å². The molecule has 3 N–H and O–H groups in total. The smallest absolute Gasteiger partial charge is 0.348 e. The Morgan fingerprint density at radius 3 is 2.96 bits per heavy atom. The van der Waals surface area contributed by atoms with Crippen LogP contribution in [0.3, 0.4) is 0 Å². The van der Waals surface area contributed by atoms with Crippen LogP contribution in [0.1, 0.15) is 65.7 Å². The van der Waals surface area contributed by atoms with Crippen LogP contribution in [-0.2, 0) is 16.9 Å². The van der Waals surface area contributed by atoms with E-state index in [1.54, 1.807) is 6.92 Å². The van der Waals surface area contributed by atoms with Crippen LogP contribution in [-0.4, -0.2) is 27.8 Å². The highest BCUT2D eigenvalue weighted by Gasteiger charge is 2.23. The van der Waals surface area contributed by atoms with Gasteiger partial charge in [-0.05, 0) is 19.3 Å². The van der Waals surface area contributed by atoms with E-state index in [0.29, 0.717) is 31.9 Å². The topological polar surface area (TPSA) is 118 Å². The van der Waals surface area contributed by atoms with Gasteiger partial charge in [-0.25, -0.2) is 9.78 Å². The molecule has 7 nitrogen and oxygen atoms in total. The highest BCUT2D eigenvalue weighted by molar-refractivity contribution is 7.98. The van der Waals surface area contributed by atoms with Crippen LogP contribution in [0.2, 0.25) is 0 Å². The normalized spacial score (nSPS) is 14.4. The Morgan fingerprint density at radius 1 is 1.48 bits per heavy atom. The maximum atomic E-state index is 12.2. The number of carbonyl (C=O) groups excluding carboxylic acids is 1. The Hall–Kier alpha value is -2.05. The number of nitriles is 1. The summed E-state index contributed by atoms with van der Waals surface area (Å²) in [6, 6.07) is 2.09. The summed E-state index contributed by atoms with van der Waals surface area (Å²) in [6.45, 7) is 2.02. The molecular formula is C18H23N5O2S2. The first kappa shape index (κ1) is 19.7. The quantitative estimate of drug-likeness (QED) is 0.505. The van der Waals surface area contributed by atoms with Crippen LogP contribution in [0, 0.1) is 17.2 Å². The third-order valence-electron chi connectivity index (χ3n) is 4.73. The van der Waals surface area contributed by atoms with Gasteiger partial charge in [-0.3, -0.25) is 5.10 Å². The first-order valence-corrected chi connectivity index (χ1v) is 10.9. The zero-order chi connectivity index (χ0) is 19.2. The van der Waals surface area contributed by atoms with Crippen LogP contribution in [0.4, 0.5) is 5.00 Å². The highest BCUT2D eigenvalue weighted by Crippen LogP contribution is 2.35. The number of aromatic amines is 1. The fourth-order valence-corrected chi connectivity index (χ4v) is 5.21. The molecule has 1 fully saturated rings. The predicted molar refractivity (Wildman–Crippen MR) is 106 cm³/mol. The van der Waals surface area contributed by atoms with Crippen molar-refractivity contribution in [2.75, 3.05) is 12.3 Å². The number of nitrogens with zero attached hydrogens (tertiary/aromatic N) is 3. The number of nitrogens with one attached hydrogen (secondary N) is 1. The van der Waals surface area contributed by atoms with Gasteiger partial charge in [0, 0.05) is 17.7 Å². The van der Waals surface area contributed by atoms with Crippen LogP contribution < -0.4 is 5.73 Å². The molecule has 144 valence electrons. The molecule has 2 aromatic heterocycles. The van der Waals surface area contributed by atoms with Gasteiger partial charge in [0.05, 0.1) is 12.2 Å². The summed E-state index contributed by atoms with van der Waals surface area (Å²) < 4.78 is 5.08. The molecule has 1 saturated carbocycles. The summed E-state index contributed by atoms with van der Waals surface area (Å²) in [4.78, 5) is 17.1. The second kappa shape index (κ2) is 9.24. The number of ether oxygens (including phenoxy) is 1. The second-order valence-electron chi connectivity index (χ2n) is 6.52. The average Bonchev–Trinajstić information content (AvgIpc) is 3.38. The van der Waals surface area contributed by atoms with Crippen LogP contribution in [0.25, 0.3) is 0 Å². The molecule has 0 aromatic carbocycles. The third-order valence-corrected chi connectivity index (χ3v) is 6.64. The fourth-order valence-electron chi connectivity index (χ4n) is 3.34. The molecule has 0 atom stereocenters. The molecule has 2 heterocycles. The summed E-state index contributed by atoms with van der Waals surface area (Å²) in [5.41, 5.74) is 6.84. The van der Waals surface area contributed by atoms with Crippen molar-refractivity contribution in [1.29, 1.82) is 5.26 Å². The number of H-pyrrole nitrogens is 1. The van der Waals surface area contributed by atoms with E-state index in [2.05, 4.69) is 21.3 Å². The number of rotatable bonds is 8. The van der Waals surface area contributed by atoms with Gasteiger partial charge < -0.3 is 10.5 Å². The molecule has 0 bridgehead atoms. The number of esters is 1. The van der Waals surface area contributed by atoms with E-state index in [4.69, 9.17) is 10.5 Å². The van der Waals surface area contributed by atoms with E-state index in [1.165, 1.54) is 37.4 Å². The van der Waals surface area contributed by atoms with E-state index in [1.807, 2.05) is 0 Å². The van der Waals surface area contributed by atoms with E-state index < -0.39 is 5.97 Å². The van der Waals surface area contributed by atoms with Crippen LogP contribution in [0.5, 0.6) is 0 Å². The zero-order valence-electron chi connectivity index (χ0n) is 15.3. The number of nitrogens with two attached hydrogens (primary N) is 1. The largest absolute Gasteiger partial charge is 0.462 e. The Labute approximate surface area is 166 Å². The Balaban J connectivity index is 1.64. The molecule has 1 aliphatic carbocycles. The number of aryl methyl sites for hydroxylation is 1. The van der Waals surface area contributed by atoms with Gasteiger partial charge in [-0.2, -0.15) is 5.26 Å². The van der Waals surface area contributed by atoms with Crippen molar-refractivity contribution in [2.24, 2.45) is 5.92 Å². The number of nitrogen functional groups attached to an aromatic ring is 1. The summed E-state index contributed by atoms with van der Waals surface area (Å²) in [5.74, 6) is 1.65. The molecule has 2 aromatic rings. The molecule has 0 radical (unpaired) electrons. The van der Waals surface area contributed by atoms with Gasteiger partial charge >= 0.3 is 5.97 Å². The standard InChI is InChI=1S/C18H23N5O2S2/c1-2-25-17(24)15-13(12(9-19)16(20)27-15)10-26-18-21-14(22-23-18)8-7-11-5-3-4-6-11/h11H,2-8,10,20H2,1H3,(H,21,22,23). The lowest BCUT2D eigenvalue weighted by Crippen LogP contribution is -2.05. The first-order chi connectivity index (χ1) is 13.1. The van der Waals surface area contributed by atoms with E-state index in [-0.39, 0.29) is 6.61 Å². The van der Waals surface area contributed by atoms with E-state index in [0.717, 1.165) is 35.9 Å². The maximum Gasteiger partial charge on any atom is 0.348 e. The molecule has 0 spiro atoms. The molecular weight excluding hydrogens is 382 g/mol. The number of hydrogen-bond donors (Lipinski definition) is 2. The van der Waals surface area contributed by atoms with Crippen molar-refractivity contribution in [3.63, 3.8) is 0 Å². The molecule has 27 heavy (non-hydrogen) atoms. The van der Waals surface area contributed by atoms with Crippen molar-refractivity contribution < 1.29 is 9.53 Å². The average molecular weight is 406 g/mol. The molecule has 0 amide bonds. The van der Waals surface area contributed by atoms with E-state index >= 15 is 0 Å². The van der Waals surface area contributed by atoms with Crippen molar-refractivity contribution >= 4 is 34.1 Å². The molecule has 9 heteroatoms. The van der Waals surface area contributed by atoms with Crippen molar-refractivity contribution in [3.8, 4) is 6.07 Å². The number of thiophene rings is 1. The van der Waals surface area contributed by atoms with Gasteiger partial charge in [-0.1, -0.05) is 37.4 Å². The Kier molecular flexibility index (Phi) is 6.74.